The van der Waals surface area contributed by atoms with Crippen molar-refractivity contribution in [2.24, 2.45) is 0 Å². The maximum absolute atomic E-state index is 12.4. The van der Waals surface area contributed by atoms with Crippen molar-refractivity contribution in [3.63, 3.8) is 0 Å². The summed E-state index contributed by atoms with van der Waals surface area (Å²) >= 11 is 0. The van der Waals surface area contributed by atoms with Gasteiger partial charge in [0.2, 0.25) is 5.75 Å². The number of nitrogens with zero attached hydrogens (tertiary/aromatic N) is 1. The number of allylic oxidation sites excluding steroid dienone is 1. The SMILES string of the molecule is COc1cccc(C(=O)C=Cc2ccc(Oc3ccc(C(C)(C)C)cc3)c([N+](=O)[O-])c2)c1. The Kier molecular flexibility index (Phi) is 6.73. The van der Waals surface area contributed by atoms with Crippen LogP contribution in [0.15, 0.2) is 72.8 Å². The number of hydrogen-bond acceptors (Lipinski definition) is 5. The van der Waals surface area contributed by atoms with Crippen molar-refractivity contribution in [1.29, 1.82) is 0 Å². The summed E-state index contributed by atoms with van der Waals surface area (Å²) in [5, 5.41) is 11.6. The second-order valence-electron chi connectivity index (χ2n) is 8.29. The van der Waals surface area contributed by atoms with Gasteiger partial charge in [0.25, 0.3) is 0 Å². The quantitative estimate of drug-likeness (QED) is 0.182. The van der Waals surface area contributed by atoms with Crippen LogP contribution in [0, 0.1) is 10.1 Å². The minimum atomic E-state index is -0.500. The molecule has 6 heteroatoms. The minimum absolute atomic E-state index is 0.000819. The van der Waals surface area contributed by atoms with Crippen LogP contribution in [0.4, 0.5) is 5.69 Å². The zero-order chi connectivity index (χ0) is 23.3. The Labute approximate surface area is 187 Å². The lowest BCUT2D eigenvalue weighted by atomic mass is 9.87. The van der Waals surface area contributed by atoms with Crippen molar-refractivity contribution in [2.75, 3.05) is 7.11 Å². The van der Waals surface area contributed by atoms with Gasteiger partial charge in [0.1, 0.15) is 11.5 Å². The molecule has 0 aliphatic carbocycles. The summed E-state index contributed by atoms with van der Waals surface area (Å²) < 4.78 is 10.9. The van der Waals surface area contributed by atoms with E-state index >= 15 is 0 Å². The van der Waals surface area contributed by atoms with E-state index in [0.717, 1.165) is 5.56 Å². The van der Waals surface area contributed by atoms with E-state index in [1.165, 1.54) is 31.4 Å². The molecule has 3 rings (SSSR count). The molecule has 3 aromatic rings. The first-order chi connectivity index (χ1) is 15.2. The number of carbonyl (C=O) groups is 1. The summed E-state index contributed by atoms with van der Waals surface area (Å²) in [6.45, 7) is 6.33. The van der Waals surface area contributed by atoms with Crippen LogP contribution in [0.1, 0.15) is 42.3 Å². The van der Waals surface area contributed by atoms with Crippen LogP contribution >= 0.6 is 0 Å². The fourth-order valence-corrected chi connectivity index (χ4v) is 3.06. The maximum Gasteiger partial charge on any atom is 0.312 e. The molecule has 0 saturated heterocycles. The first-order valence-electron chi connectivity index (χ1n) is 10.1. The summed E-state index contributed by atoms with van der Waals surface area (Å²) in [6.07, 6.45) is 2.91. The van der Waals surface area contributed by atoms with Crippen LogP contribution in [0.25, 0.3) is 6.08 Å². The number of hydrogen-bond donors (Lipinski definition) is 0. The third kappa shape index (κ3) is 5.60. The van der Waals surface area contributed by atoms with Crippen LogP contribution in [0.2, 0.25) is 0 Å². The van der Waals surface area contributed by atoms with Gasteiger partial charge < -0.3 is 9.47 Å². The van der Waals surface area contributed by atoms with Crippen LogP contribution in [0.5, 0.6) is 17.2 Å². The van der Waals surface area contributed by atoms with Crippen LogP contribution in [-0.4, -0.2) is 17.8 Å². The minimum Gasteiger partial charge on any atom is -0.497 e. The van der Waals surface area contributed by atoms with Gasteiger partial charge in [0.05, 0.1) is 12.0 Å². The Bertz CT molecular complexity index is 1160. The molecule has 3 aromatic carbocycles. The Balaban J connectivity index is 1.80. The zero-order valence-corrected chi connectivity index (χ0v) is 18.5. The molecule has 0 heterocycles. The van der Waals surface area contributed by atoms with Gasteiger partial charge in [-0.25, -0.2) is 0 Å². The molecule has 0 amide bonds. The summed E-state index contributed by atoms with van der Waals surface area (Å²) in [5.74, 6) is 0.995. The summed E-state index contributed by atoms with van der Waals surface area (Å²) in [5.41, 5.74) is 1.94. The van der Waals surface area contributed by atoms with Gasteiger partial charge in [-0.3, -0.25) is 14.9 Å². The highest BCUT2D eigenvalue weighted by molar-refractivity contribution is 6.07. The van der Waals surface area contributed by atoms with Crippen molar-refractivity contribution >= 4 is 17.5 Å². The molecule has 164 valence electrons. The summed E-state index contributed by atoms with van der Waals surface area (Å²) in [7, 11) is 1.53. The lowest BCUT2D eigenvalue weighted by Gasteiger charge is -2.19. The normalized spacial score (nSPS) is 11.4. The predicted molar refractivity (Wildman–Crippen MR) is 125 cm³/mol. The third-order valence-electron chi connectivity index (χ3n) is 4.91. The standard InChI is InChI=1S/C26H25NO5/c1-26(2,3)20-10-12-21(13-11-20)32-25-15-9-18(16-23(25)27(29)30)8-14-24(28)19-6-5-7-22(17-19)31-4/h5-17H,1-4H3. The fraction of sp³-hybridized carbons (Fsp3) is 0.192. The van der Waals surface area contributed by atoms with Crippen LogP contribution in [0.3, 0.4) is 0 Å². The van der Waals surface area contributed by atoms with Crippen molar-refractivity contribution in [3.8, 4) is 17.2 Å². The Morgan fingerprint density at radius 1 is 0.969 bits per heavy atom. The first-order valence-corrected chi connectivity index (χ1v) is 10.1. The highest BCUT2D eigenvalue weighted by Gasteiger charge is 2.18. The molecule has 0 atom stereocenters. The average molecular weight is 431 g/mol. The zero-order valence-electron chi connectivity index (χ0n) is 18.5. The number of methoxy groups -OCH3 is 1. The fourth-order valence-electron chi connectivity index (χ4n) is 3.06. The van der Waals surface area contributed by atoms with E-state index in [4.69, 9.17) is 9.47 Å². The molecule has 0 unspecified atom stereocenters. The second kappa shape index (κ2) is 9.47. The number of carbonyl (C=O) groups excluding carboxylic acids is 1. The summed E-state index contributed by atoms with van der Waals surface area (Å²) in [4.78, 5) is 23.5. The first kappa shape index (κ1) is 22.7. The van der Waals surface area contributed by atoms with Gasteiger partial charge in [0.15, 0.2) is 5.78 Å². The van der Waals surface area contributed by atoms with E-state index in [-0.39, 0.29) is 22.6 Å². The highest BCUT2D eigenvalue weighted by Crippen LogP contribution is 2.33. The van der Waals surface area contributed by atoms with Crippen LogP contribution in [-0.2, 0) is 5.41 Å². The van der Waals surface area contributed by atoms with E-state index in [0.29, 0.717) is 22.6 Å². The molecule has 0 aliphatic heterocycles. The predicted octanol–water partition coefficient (Wildman–Crippen LogP) is 6.59. The van der Waals surface area contributed by atoms with Crippen LogP contribution < -0.4 is 9.47 Å². The second-order valence-corrected chi connectivity index (χ2v) is 8.29. The monoisotopic (exact) mass is 431 g/mol. The van der Waals surface area contributed by atoms with Gasteiger partial charge in [-0.1, -0.05) is 57.2 Å². The van der Waals surface area contributed by atoms with Crippen molar-refractivity contribution < 1.29 is 19.2 Å². The number of ketones is 1. The third-order valence-corrected chi connectivity index (χ3v) is 4.91. The van der Waals surface area contributed by atoms with Gasteiger partial charge in [-0.15, -0.1) is 0 Å². The maximum atomic E-state index is 12.4. The Hall–Kier alpha value is -3.93. The van der Waals surface area contributed by atoms with Crippen molar-refractivity contribution in [1.82, 2.24) is 0 Å². The number of ether oxygens (including phenoxy) is 2. The number of rotatable bonds is 7. The molecule has 32 heavy (non-hydrogen) atoms. The lowest BCUT2D eigenvalue weighted by molar-refractivity contribution is -0.385. The molecular weight excluding hydrogens is 406 g/mol. The molecule has 0 N–H and O–H groups in total. The van der Waals surface area contributed by atoms with Crippen molar-refractivity contribution in [2.45, 2.75) is 26.2 Å². The molecule has 0 aliphatic rings. The van der Waals surface area contributed by atoms with Gasteiger partial charge in [-0.2, -0.15) is 0 Å². The molecule has 6 nitrogen and oxygen atoms in total. The Morgan fingerprint density at radius 3 is 2.31 bits per heavy atom. The molecule has 0 fully saturated rings. The topological polar surface area (TPSA) is 78.7 Å². The molecule has 0 saturated carbocycles. The van der Waals surface area contributed by atoms with Gasteiger partial charge in [0, 0.05) is 11.6 Å². The van der Waals surface area contributed by atoms with E-state index in [9.17, 15) is 14.9 Å². The molecular formula is C26H25NO5. The van der Waals surface area contributed by atoms with E-state index in [1.807, 2.05) is 12.1 Å². The number of nitro benzene ring substituents is 1. The van der Waals surface area contributed by atoms with Gasteiger partial charge >= 0.3 is 5.69 Å². The lowest BCUT2D eigenvalue weighted by Crippen LogP contribution is -2.10. The Morgan fingerprint density at radius 2 is 1.69 bits per heavy atom. The molecule has 0 bridgehead atoms. The molecule has 0 radical (unpaired) electrons. The number of nitro groups is 1. The molecule has 0 spiro atoms. The average Bonchev–Trinajstić information content (AvgIpc) is 2.77. The van der Waals surface area contributed by atoms with E-state index in [2.05, 4.69) is 20.8 Å². The highest BCUT2D eigenvalue weighted by atomic mass is 16.6. The molecule has 0 aromatic heterocycles. The van der Waals surface area contributed by atoms with Gasteiger partial charge in [-0.05, 0) is 52.9 Å². The van der Waals surface area contributed by atoms with Crippen molar-refractivity contribution in [3.05, 3.63) is 99.6 Å². The van der Waals surface area contributed by atoms with E-state index < -0.39 is 4.92 Å². The largest absolute Gasteiger partial charge is 0.497 e. The summed E-state index contributed by atoms with van der Waals surface area (Å²) in [6, 6.07) is 18.9. The number of benzene rings is 3. The van der Waals surface area contributed by atoms with E-state index in [1.54, 1.807) is 42.5 Å². The smallest absolute Gasteiger partial charge is 0.312 e.